The van der Waals surface area contributed by atoms with Crippen LogP contribution in [0.3, 0.4) is 0 Å². The zero-order valence-corrected chi connectivity index (χ0v) is 10.6. The highest BCUT2D eigenvalue weighted by atomic mass is 16.2. The van der Waals surface area contributed by atoms with E-state index in [2.05, 4.69) is 5.32 Å². The molecule has 0 aromatic heterocycles. The van der Waals surface area contributed by atoms with E-state index < -0.39 is 0 Å². The highest BCUT2D eigenvalue weighted by molar-refractivity contribution is 5.88. The van der Waals surface area contributed by atoms with Crippen LogP contribution in [0, 0.1) is 0 Å². The van der Waals surface area contributed by atoms with Crippen molar-refractivity contribution >= 4 is 5.91 Å². The van der Waals surface area contributed by atoms with Gasteiger partial charge in [0, 0.05) is 24.7 Å². The first kappa shape index (κ1) is 12.4. The Morgan fingerprint density at radius 1 is 1.35 bits per heavy atom. The SMILES string of the molecule is CC=CC=CC(=O)N(CC1CCCN1)C1CC1. The van der Waals surface area contributed by atoms with Gasteiger partial charge in [-0.25, -0.2) is 0 Å². The maximum absolute atomic E-state index is 12.1. The summed E-state index contributed by atoms with van der Waals surface area (Å²) in [6, 6.07) is 1.01. The quantitative estimate of drug-likeness (QED) is 0.582. The zero-order valence-electron chi connectivity index (χ0n) is 10.6. The fourth-order valence-electron chi connectivity index (χ4n) is 2.30. The van der Waals surface area contributed by atoms with Crippen molar-refractivity contribution in [2.45, 2.75) is 44.7 Å². The molecule has 1 N–H and O–H groups in total. The minimum atomic E-state index is 0.166. The molecule has 3 heteroatoms. The minimum Gasteiger partial charge on any atom is -0.335 e. The fraction of sp³-hybridized carbons (Fsp3) is 0.643. The van der Waals surface area contributed by atoms with Gasteiger partial charge in [0.25, 0.3) is 0 Å². The molecule has 17 heavy (non-hydrogen) atoms. The molecule has 2 aliphatic rings. The summed E-state index contributed by atoms with van der Waals surface area (Å²) in [5.74, 6) is 0.166. The van der Waals surface area contributed by atoms with Crippen LogP contribution in [0.25, 0.3) is 0 Å². The van der Waals surface area contributed by atoms with E-state index in [0.29, 0.717) is 12.1 Å². The number of amides is 1. The van der Waals surface area contributed by atoms with E-state index in [1.165, 1.54) is 25.7 Å². The fourth-order valence-corrected chi connectivity index (χ4v) is 2.30. The molecule has 0 spiro atoms. The van der Waals surface area contributed by atoms with Crippen molar-refractivity contribution in [1.29, 1.82) is 0 Å². The van der Waals surface area contributed by atoms with Gasteiger partial charge in [-0.3, -0.25) is 4.79 Å². The van der Waals surface area contributed by atoms with Gasteiger partial charge in [-0.15, -0.1) is 0 Å². The summed E-state index contributed by atoms with van der Waals surface area (Å²) in [7, 11) is 0. The summed E-state index contributed by atoms with van der Waals surface area (Å²) in [6.07, 6.45) is 12.2. The number of carbonyl (C=O) groups is 1. The maximum atomic E-state index is 12.1. The Morgan fingerprint density at radius 3 is 2.76 bits per heavy atom. The number of hydrogen-bond acceptors (Lipinski definition) is 2. The topological polar surface area (TPSA) is 32.3 Å². The third kappa shape index (κ3) is 3.70. The predicted octanol–water partition coefficient (Wildman–Crippen LogP) is 1.86. The number of nitrogens with one attached hydrogen (secondary N) is 1. The van der Waals surface area contributed by atoms with E-state index in [0.717, 1.165) is 13.1 Å². The molecule has 1 heterocycles. The molecule has 1 saturated heterocycles. The Bertz CT molecular complexity index is 312. The molecule has 1 atom stereocenters. The second-order valence-electron chi connectivity index (χ2n) is 4.90. The van der Waals surface area contributed by atoms with Crippen LogP contribution in [0.1, 0.15) is 32.6 Å². The predicted molar refractivity (Wildman–Crippen MR) is 69.7 cm³/mol. The third-order valence-corrected chi connectivity index (χ3v) is 3.39. The summed E-state index contributed by atoms with van der Waals surface area (Å²) in [5.41, 5.74) is 0. The number of allylic oxidation sites excluding steroid dienone is 3. The van der Waals surface area contributed by atoms with Crippen LogP contribution in [0.4, 0.5) is 0 Å². The Labute approximate surface area is 104 Å². The van der Waals surface area contributed by atoms with Crippen LogP contribution in [-0.4, -0.2) is 36.0 Å². The molecular formula is C14H22N2O. The smallest absolute Gasteiger partial charge is 0.246 e. The number of nitrogens with zero attached hydrogens (tertiary/aromatic N) is 1. The lowest BCUT2D eigenvalue weighted by Crippen LogP contribution is -2.41. The standard InChI is InChI=1S/C14H22N2O/c1-2-3-4-7-14(17)16(13-8-9-13)11-12-6-5-10-15-12/h2-4,7,12-13,15H,5-6,8-11H2,1H3. The van der Waals surface area contributed by atoms with Crippen molar-refractivity contribution < 1.29 is 4.79 Å². The van der Waals surface area contributed by atoms with Crippen molar-refractivity contribution in [3.8, 4) is 0 Å². The van der Waals surface area contributed by atoms with Crippen LogP contribution >= 0.6 is 0 Å². The van der Waals surface area contributed by atoms with Crippen LogP contribution in [-0.2, 0) is 4.79 Å². The Balaban J connectivity index is 1.89. The molecule has 1 aliphatic carbocycles. The summed E-state index contributed by atoms with van der Waals surface area (Å²) in [6.45, 7) is 3.94. The normalized spacial score (nSPS) is 24.9. The Hall–Kier alpha value is -1.09. The molecule has 1 saturated carbocycles. The maximum Gasteiger partial charge on any atom is 0.246 e. The van der Waals surface area contributed by atoms with Crippen molar-refractivity contribution in [2.75, 3.05) is 13.1 Å². The Morgan fingerprint density at radius 2 is 2.18 bits per heavy atom. The molecule has 0 aromatic rings. The van der Waals surface area contributed by atoms with Crippen molar-refractivity contribution in [2.24, 2.45) is 0 Å². The second kappa shape index (κ2) is 6.01. The summed E-state index contributed by atoms with van der Waals surface area (Å²) < 4.78 is 0. The van der Waals surface area contributed by atoms with Crippen molar-refractivity contribution in [1.82, 2.24) is 10.2 Å². The van der Waals surface area contributed by atoms with Crippen LogP contribution in [0.5, 0.6) is 0 Å². The molecule has 3 nitrogen and oxygen atoms in total. The molecule has 2 fully saturated rings. The minimum absolute atomic E-state index is 0.166. The van der Waals surface area contributed by atoms with Gasteiger partial charge in [0.1, 0.15) is 0 Å². The van der Waals surface area contributed by atoms with E-state index in [1.54, 1.807) is 6.08 Å². The van der Waals surface area contributed by atoms with E-state index in [1.807, 2.05) is 30.1 Å². The van der Waals surface area contributed by atoms with Gasteiger partial charge in [-0.05, 0) is 39.2 Å². The highest BCUT2D eigenvalue weighted by Crippen LogP contribution is 2.27. The molecule has 1 aliphatic heterocycles. The van der Waals surface area contributed by atoms with E-state index in [-0.39, 0.29) is 5.91 Å². The van der Waals surface area contributed by atoms with Gasteiger partial charge in [-0.1, -0.05) is 18.2 Å². The molecule has 0 radical (unpaired) electrons. The van der Waals surface area contributed by atoms with E-state index in [4.69, 9.17) is 0 Å². The average molecular weight is 234 g/mol. The highest BCUT2D eigenvalue weighted by Gasteiger charge is 2.33. The van der Waals surface area contributed by atoms with Crippen molar-refractivity contribution in [3.05, 3.63) is 24.3 Å². The monoisotopic (exact) mass is 234 g/mol. The van der Waals surface area contributed by atoms with Gasteiger partial charge in [0.2, 0.25) is 5.91 Å². The molecule has 1 amide bonds. The molecule has 0 aromatic carbocycles. The van der Waals surface area contributed by atoms with Crippen LogP contribution in [0.15, 0.2) is 24.3 Å². The van der Waals surface area contributed by atoms with Crippen molar-refractivity contribution in [3.63, 3.8) is 0 Å². The van der Waals surface area contributed by atoms with Gasteiger partial charge in [0.15, 0.2) is 0 Å². The molecule has 94 valence electrons. The average Bonchev–Trinajstić information content (AvgIpc) is 3.03. The molecular weight excluding hydrogens is 212 g/mol. The first-order valence-corrected chi connectivity index (χ1v) is 6.64. The largest absolute Gasteiger partial charge is 0.335 e. The van der Waals surface area contributed by atoms with Gasteiger partial charge < -0.3 is 10.2 Å². The molecule has 1 unspecified atom stereocenters. The summed E-state index contributed by atoms with van der Waals surface area (Å²) in [5, 5.41) is 3.46. The van der Waals surface area contributed by atoms with Gasteiger partial charge in [0.05, 0.1) is 0 Å². The zero-order chi connectivity index (χ0) is 12.1. The number of rotatable bonds is 5. The van der Waals surface area contributed by atoms with Gasteiger partial charge in [-0.2, -0.15) is 0 Å². The van der Waals surface area contributed by atoms with Crippen LogP contribution in [0.2, 0.25) is 0 Å². The third-order valence-electron chi connectivity index (χ3n) is 3.39. The first-order valence-electron chi connectivity index (χ1n) is 6.64. The van der Waals surface area contributed by atoms with E-state index in [9.17, 15) is 4.79 Å². The molecule has 0 bridgehead atoms. The van der Waals surface area contributed by atoms with E-state index >= 15 is 0 Å². The summed E-state index contributed by atoms with van der Waals surface area (Å²) >= 11 is 0. The van der Waals surface area contributed by atoms with Gasteiger partial charge >= 0.3 is 0 Å². The second-order valence-corrected chi connectivity index (χ2v) is 4.90. The Kier molecular flexibility index (Phi) is 4.37. The lowest BCUT2D eigenvalue weighted by Gasteiger charge is -2.24. The first-order chi connectivity index (χ1) is 8.31. The molecule has 2 rings (SSSR count). The summed E-state index contributed by atoms with van der Waals surface area (Å²) in [4.78, 5) is 14.1. The lowest BCUT2D eigenvalue weighted by atomic mass is 10.2. The number of hydrogen-bond donors (Lipinski definition) is 1. The van der Waals surface area contributed by atoms with Crippen LogP contribution < -0.4 is 5.32 Å². The number of carbonyl (C=O) groups excluding carboxylic acids is 1. The lowest BCUT2D eigenvalue weighted by molar-refractivity contribution is -0.126.